The average Bonchev–Trinajstić information content (AvgIpc) is 3.06. The van der Waals surface area contributed by atoms with E-state index in [1.54, 1.807) is 17.0 Å². The molecule has 1 saturated carbocycles. The lowest BCUT2D eigenvalue weighted by molar-refractivity contribution is -0.131. The molecular formula is C15H19NO3S. The van der Waals surface area contributed by atoms with Gasteiger partial charge in [0.05, 0.1) is 4.88 Å². The van der Waals surface area contributed by atoms with Crippen LogP contribution in [-0.4, -0.2) is 35.5 Å². The highest BCUT2D eigenvalue weighted by molar-refractivity contribution is 7.14. The van der Waals surface area contributed by atoms with Crippen molar-refractivity contribution < 1.29 is 14.7 Å². The number of hydrogen-bond acceptors (Lipinski definition) is 3. The molecule has 1 aliphatic rings. The third-order valence-corrected chi connectivity index (χ3v) is 4.62. The number of hydrogen-bond donors (Lipinski definition) is 1. The fraction of sp³-hybridized carbons (Fsp3) is 0.467. The van der Waals surface area contributed by atoms with Crippen molar-refractivity contribution in [3.05, 3.63) is 28.0 Å². The van der Waals surface area contributed by atoms with Crippen molar-refractivity contribution in [1.82, 2.24) is 4.90 Å². The molecule has 0 bridgehead atoms. The minimum absolute atomic E-state index is 0.0249. The van der Waals surface area contributed by atoms with Gasteiger partial charge in [0.25, 0.3) is 5.91 Å². The van der Waals surface area contributed by atoms with E-state index < -0.39 is 5.97 Å². The monoisotopic (exact) mass is 293 g/mol. The second-order valence-corrected chi connectivity index (χ2v) is 6.33. The van der Waals surface area contributed by atoms with Crippen molar-refractivity contribution in [2.45, 2.75) is 25.7 Å². The van der Waals surface area contributed by atoms with E-state index in [2.05, 4.69) is 0 Å². The number of aliphatic carboxylic acids is 1. The van der Waals surface area contributed by atoms with Gasteiger partial charge in [-0.2, -0.15) is 0 Å². The normalized spacial score (nSPS) is 15.8. The lowest BCUT2D eigenvalue weighted by Gasteiger charge is -2.20. The van der Waals surface area contributed by atoms with Crippen molar-refractivity contribution in [2.75, 3.05) is 13.6 Å². The number of carboxylic acid groups (broad SMARTS) is 1. The summed E-state index contributed by atoms with van der Waals surface area (Å²) in [7, 11) is 1.84. The number of thiophene rings is 1. The van der Waals surface area contributed by atoms with Gasteiger partial charge in [-0.3, -0.25) is 4.79 Å². The van der Waals surface area contributed by atoms with Crippen LogP contribution >= 0.6 is 11.3 Å². The van der Waals surface area contributed by atoms with Crippen LogP contribution in [0.1, 0.15) is 40.2 Å². The molecule has 1 aliphatic carbocycles. The maximum Gasteiger partial charge on any atom is 0.328 e. The van der Waals surface area contributed by atoms with Gasteiger partial charge in [0, 0.05) is 24.5 Å². The highest BCUT2D eigenvalue weighted by Gasteiger charge is 2.20. The van der Waals surface area contributed by atoms with E-state index in [9.17, 15) is 9.59 Å². The van der Waals surface area contributed by atoms with E-state index in [0.717, 1.165) is 17.5 Å². The molecule has 5 heteroatoms. The molecule has 0 atom stereocenters. The van der Waals surface area contributed by atoms with Crippen molar-refractivity contribution in [3.8, 4) is 0 Å². The Labute approximate surface area is 122 Å². The van der Waals surface area contributed by atoms with Crippen LogP contribution < -0.4 is 0 Å². The number of carboxylic acids is 1. The highest BCUT2D eigenvalue weighted by atomic mass is 32.1. The minimum atomic E-state index is -0.982. The van der Waals surface area contributed by atoms with E-state index in [4.69, 9.17) is 5.11 Å². The van der Waals surface area contributed by atoms with Crippen molar-refractivity contribution in [2.24, 2.45) is 5.92 Å². The lowest BCUT2D eigenvalue weighted by atomic mass is 10.1. The Bertz CT molecular complexity index is 515. The summed E-state index contributed by atoms with van der Waals surface area (Å²) in [5.41, 5.74) is 0. The molecule has 0 radical (unpaired) electrons. The first kappa shape index (κ1) is 14.8. The Balaban J connectivity index is 1.96. The van der Waals surface area contributed by atoms with Crippen molar-refractivity contribution >= 4 is 29.3 Å². The van der Waals surface area contributed by atoms with Crippen LogP contribution in [-0.2, 0) is 4.79 Å². The standard InChI is InChI=1S/C15H19NO3S/c1-16(10-11-4-2-3-5-11)15(19)13-8-6-12(20-13)7-9-14(17)18/h6-9,11H,2-5,10H2,1H3,(H,17,18). The Morgan fingerprint density at radius 3 is 2.75 bits per heavy atom. The maximum atomic E-state index is 12.3. The molecule has 1 N–H and O–H groups in total. The minimum Gasteiger partial charge on any atom is -0.478 e. The molecule has 2 rings (SSSR count). The van der Waals surface area contributed by atoms with Gasteiger partial charge in [0.2, 0.25) is 0 Å². The summed E-state index contributed by atoms with van der Waals surface area (Å²) >= 11 is 1.33. The maximum absolute atomic E-state index is 12.3. The Hall–Kier alpha value is -1.62. The molecule has 1 aromatic rings. The SMILES string of the molecule is CN(CC1CCCC1)C(=O)c1ccc(C=CC(=O)O)s1. The molecule has 0 unspecified atom stereocenters. The van der Waals surface area contributed by atoms with E-state index in [1.807, 2.05) is 7.05 Å². The molecule has 1 fully saturated rings. The first-order valence-corrected chi connectivity index (χ1v) is 7.64. The zero-order chi connectivity index (χ0) is 14.5. The third-order valence-electron chi connectivity index (χ3n) is 3.58. The largest absolute Gasteiger partial charge is 0.478 e. The highest BCUT2D eigenvalue weighted by Crippen LogP contribution is 2.26. The van der Waals surface area contributed by atoms with Crippen molar-refractivity contribution in [3.63, 3.8) is 0 Å². The first-order valence-electron chi connectivity index (χ1n) is 6.82. The molecule has 0 aliphatic heterocycles. The van der Waals surface area contributed by atoms with E-state index in [1.165, 1.54) is 43.1 Å². The fourth-order valence-corrected chi connectivity index (χ4v) is 3.47. The number of amides is 1. The molecule has 108 valence electrons. The van der Waals surface area contributed by atoms with Gasteiger partial charge < -0.3 is 10.0 Å². The molecule has 1 aromatic heterocycles. The van der Waals surface area contributed by atoms with Crippen LogP contribution in [0.25, 0.3) is 6.08 Å². The van der Waals surface area contributed by atoms with E-state index in [0.29, 0.717) is 10.8 Å². The number of rotatable bonds is 5. The second kappa shape index (κ2) is 6.70. The van der Waals surface area contributed by atoms with Gasteiger partial charge in [-0.1, -0.05) is 12.8 Å². The molecule has 1 amide bonds. The predicted octanol–water partition coefficient (Wildman–Crippen LogP) is 3.11. The van der Waals surface area contributed by atoms with Gasteiger partial charge in [-0.25, -0.2) is 4.79 Å². The lowest BCUT2D eigenvalue weighted by Crippen LogP contribution is -2.30. The summed E-state index contributed by atoms with van der Waals surface area (Å²) in [5.74, 6) is -0.322. The van der Waals surface area contributed by atoms with Crippen LogP contribution in [0, 0.1) is 5.92 Å². The van der Waals surface area contributed by atoms with Gasteiger partial charge in [0.1, 0.15) is 0 Å². The van der Waals surface area contributed by atoms with Crippen LogP contribution in [0.3, 0.4) is 0 Å². The quantitative estimate of drug-likeness (QED) is 0.849. The number of carbonyl (C=O) groups is 2. The molecular weight excluding hydrogens is 274 g/mol. The molecule has 4 nitrogen and oxygen atoms in total. The number of nitrogens with zero attached hydrogens (tertiary/aromatic N) is 1. The summed E-state index contributed by atoms with van der Waals surface area (Å²) < 4.78 is 0. The molecule has 0 aromatic carbocycles. The first-order chi connectivity index (χ1) is 9.56. The summed E-state index contributed by atoms with van der Waals surface area (Å²) in [6, 6.07) is 3.54. The third kappa shape index (κ3) is 3.93. The molecule has 1 heterocycles. The Morgan fingerprint density at radius 1 is 1.40 bits per heavy atom. The molecule has 0 saturated heterocycles. The van der Waals surface area contributed by atoms with Gasteiger partial charge >= 0.3 is 5.97 Å². The zero-order valence-electron chi connectivity index (χ0n) is 11.5. The van der Waals surface area contributed by atoms with Crippen LogP contribution in [0.4, 0.5) is 0 Å². The van der Waals surface area contributed by atoms with Crippen LogP contribution in [0.15, 0.2) is 18.2 Å². The predicted molar refractivity (Wildman–Crippen MR) is 79.9 cm³/mol. The second-order valence-electron chi connectivity index (χ2n) is 5.21. The molecule has 0 spiro atoms. The average molecular weight is 293 g/mol. The number of carbonyl (C=O) groups excluding carboxylic acids is 1. The summed E-state index contributed by atoms with van der Waals surface area (Å²) in [6.45, 7) is 0.816. The summed E-state index contributed by atoms with van der Waals surface area (Å²) in [4.78, 5) is 26.0. The van der Waals surface area contributed by atoms with E-state index >= 15 is 0 Å². The Morgan fingerprint density at radius 2 is 2.10 bits per heavy atom. The molecule has 20 heavy (non-hydrogen) atoms. The van der Waals surface area contributed by atoms with Crippen LogP contribution in [0.2, 0.25) is 0 Å². The summed E-state index contributed by atoms with van der Waals surface area (Å²) in [6.07, 6.45) is 7.58. The Kier molecular flexibility index (Phi) is 4.95. The fourth-order valence-electron chi connectivity index (χ4n) is 2.56. The van der Waals surface area contributed by atoms with Crippen molar-refractivity contribution in [1.29, 1.82) is 0 Å². The van der Waals surface area contributed by atoms with Gasteiger partial charge in [0.15, 0.2) is 0 Å². The van der Waals surface area contributed by atoms with Gasteiger partial charge in [-0.15, -0.1) is 11.3 Å². The van der Waals surface area contributed by atoms with Crippen LogP contribution in [0.5, 0.6) is 0 Å². The van der Waals surface area contributed by atoms with Gasteiger partial charge in [-0.05, 0) is 37.0 Å². The smallest absolute Gasteiger partial charge is 0.328 e. The topological polar surface area (TPSA) is 57.6 Å². The summed E-state index contributed by atoms with van der Waals surface area (Å²) in [5, 5.41) is 8.58. The zero-order valence-corrected chi connectivity index (χ0v) is 12.4. The van der Waals surface area contributed by atoms with E-state index in [-0.39, 0.29) is 5.91 Å².